The molecular weight excluding hydrogens is 340 g/mol. The summed E-state index contributed by atoms with van der Waals surface area (Å²) in [6, 6.07) is 14.9. The third kappa shape index (κ3) is 3.70. The molecule has 0 bridgehead atoms. The minimum absolute atomic E-state index is 0.0340. The standard InChI is InChI=1S/C18H17ClN4O2/c1-12-5-2-3-8-15(12)23-17(13-6-4-7-14(19)11-13)21-16(22-23)18(25)20-9-10-24/h2-8,11,24H,9-10H2,1H3,(H,20,25). The summed E-state index contributed by atoms with van der Waals surface area (Å²) in [6.07, 6.45) is 0. The molecule has 3 rings (SSSR count). The highest BCUT2D eigenvalue weighted by molar-refractivity contribution is 6.30. The predicted molar refractivity (Wildman–Crippen MR) is 96.0 cm³/mol. The Hall–Kier alpha value is -2.70. The van der Waals surface area contributed by atoms with E-state index in [4.69, 9.17) is 16.7 Å². The molecular formula is C18H17ClN4O2. The number of carbonyl (C=O) groups is 1. The van der Waals surface area contributed by atoms with Crippen LogP contribution in [0.2, 0.25) is 5.02 Å². The first-order valence-corrected chi connectivity index (χ1v) is 8.16. The van der Waals surface area contributed by atoms with Crippen LogP contribution in [0, 0.1) is 6.92 Å². The third-order valence-electron chi connectivity index (χ3n) is 3.63. The molecule has 0 saturated heterocycles. The van der Waals surface area contributed by atoms with Crippen LogP contribution >= 0.6 is 11.6 Å². The first kappa shape index (κ1) is 17.1. The van der Waals surface area contributed by atoms with Crippen LogP contribution in [0.15, 0.2) is 48.5 Å². The molecule has 6 nitrogen and oxygen atoms in total. The van der Waals surface area contributed by atoms with Crippen molar-refractivity contribution >= 4 is 17.5 Å². The van der Waals surface area contributed by atoms with Crippen molar-refractivity contribution in [1.82, 2.24) is 20.1 Å². The van der Waals surface area contributed by atoms with Crippen LogP contribution < -0.4 is 5.32 Å². The summed E-state index contributed by atoms with van der Waals surface area (Å²) in [7, 11) is 0. The summed E-state index contributed by atoms with van der Waals surface area (Å²) in [4.78, 5) is 16.6. The molecule has 0 atom stereocenters. The van der Waals surface area contributed by atoms with E-state index in [2.05, 4.69) is 15.4 Å². The average Bonchev–Trinajstić information content (AvgIpc) is 3.05. The maximum absolute atomic E-state index is 12.2. The number of nitrogens with zero attached hydrogens (tertiary/aromatic N) is 3. The molecule has 1 amide bonds. The van der Waals surface area contributed by atoms with Gasteiger partial charge in [-0.1, -0.05) is 41.9 Å². The number of carbonyl (C=O) groups excluding carboxylic acids is 1. The number of nitrogens with one attached hydrogen (secondary N) is 1. The Kier molecular flexibility index (Phi) is 5.11. The van der Waals surface area contributed by atoms with E-state index in [0.717, 1.165) is 16.8 Å². The fraction of sp³-hybridized carbons (Fsp3) is 0.167. The number of rotatable bonds is 5. The van der Waals surface area contributed by atoms with Crippen molar-refractivity contribution < 1.29 is 9.90 Å². The molecule has 2 N–H and O–H groups in total. The fourth-order valence-corrected chi connectivity index (χ4v) is 2.63. The van der Waals surface area contributed by atoms with E-state index < -0.39 is 5.91 Å². The van der Waals surface area contributed by atoms with Crippen molar-refractivity contribution in [2.24, 2.45) is 0 Å². The minimum Gasteiger partial charge on any atom is -0.395 e. The second kappa shape index (κ2) is 7.46. The first-order chi connectivity index (χ1) is 12.1. The Morgan fingerprint density at radius 1 is 1.24 bits per heavy atom. The number of hydrogen-bond donors (Lipinski definition) is 2. The van der Waals surface area contributed by atoms with Gasteiger partial charge in [0.25, 0.3) is 5.91 Å². The van der Waals surface area contributed by atoms with Crippen molar-refractivity contribution in [3.05, 3.63) is 64.9 Å². The summed E-state index contributed by atoms with van der Waals surface area (Å²) in [5.41, 5.74) is 2.58. The van der Waals surface area contributed by atoms with E-state index in [0.29, 0.717) is 10.8 Å². The second-order valence-corrected chi connectivity index (χ2v) is 5.88. The van der Waals surface area contributed by atoms with Gasteiger partial charge in [0.1, 0.15) is 0 Å². The highest BCUT2D eigenvalue weighted by Gasteiger charge is 2.19. The number of aliphatic hydroxyl groups is 1. The molecule has 0 aliphatic carbocycles. The molecule has 1 aromatic heterocycles. The molecule has 2 aromatic carbocycles. The zero-order valence-electron chi connectivity index (χ0n) is 13.6. The first-order valence-electron chi connectivity index (χ1n) is 7.78. The molecule has 0 saturated carbocycles. The van der Waals surface area contributed by atoms with E-state index in [1.54, 1.807) is 16.8 Å². The Morgan fingerprint density at radius 3 is 2.76 bits per heavy atom. The van der Waals surface area contributed by atoms with Crippen LogP contribution in [0.3, 0.4) is 0 Å². The van der Waals surface area contributed by atoms with Gasteiger partial charge in [-0.25, -0.2) is 9.67 Å². The number of hydrogen-bond acceptors (Lipinski definition) is 4. The molecule has 25 heavy (non-hydrogen) atoms. The number of halogens is 1. The summed E-state index contributed by atoms with van der Waals surface area (Å²) in [6.45, 7) is 1.96. The third-order valence-corrected chi connectivity index (χ3v) is 3.87. The Bertz CT molecular complexity index is 908. The molecule has 3 aromatic rings. The summed E-state index contributed by atoms with van der Waals surface area (Å²) in [5.74, 6) is 0.113. The predicted octanol–water partition coefficient (Wildman–Crippen LogP) is 2.62. The number of benzene rings is 2. The quantitative estimate of drug-likeness (QED) is 0.736. The lowest BCUT2D eigenvalue weighted by Gasteiger charge is -2.08. The zero-order valence-corrected chi connectivity index (χ0v) is 14.4. The lowest BCUT2D eigenvalue weighted by Crippen LogP contribution is -2.27. The molecule has 7 heteroatoms. The molecule has 0 radical (unpaired) electrons. The van der Waals surface area contributed by atoms with Gasteiger partial charge < -0.3 is 10.4 Å². The van der Waals surface area contributed by atoms with Crippen molar-refractivity contribution in [3.63, 3.8) is 0 Å². The van der Waals surface area contributed by atoms with E-state index >= 15 is 0 Å². The number of aromatic nitrogens is 3. The van der Waals surface area contributed by atoms with E-state index in [1.165, 1.54) is 0 Å². The van der Waals surface area contributed by atoms with Crippen LogP contribution in [0.5, 0.6) is 0 Å². The van der Waals surface area contributed by atoms with Gasteiger partial charge >= 0.3 is 0 Å². The van der Waals surface area contributed by atoms with E-state index in [-0.39, 0.29) is 19.0 Å². The monoisotopic (exact) mass is 356 g/mol. The van der Waals surface area contributed by atoms with Crippen LogP contribution in [0.4, 0.5) is 0 Å². The number of aryl methyl sites for hydroxylation is 1. The topological polar surface area (TPSA) is 80.0 Å². The van der Waals surface area contributed by atoms with Gasteiger partial charge in [0.15, 0.2) is 5.82 Å². The summed E-state index contributed by atoms with van der Waals surface area (Å²) < 4.78 is 1.63. The summed E-state index contributed by atoms with van der Waals surface area (Å²) >= 11 is 6.10. The highest BCUT2D eigenvalue weighted by atomic mass is 35.5. The van der Waals surface area contributed by atoms with E-state index in [9.17, 15) is 4.79 Å². The van der Waals surface area contributed by atoms with Crippen LogP contribution in [0.25, 0.3) is 17.1 Å². The Labute approximate surface area is 150 Å². The lowest BCUT2D eigenvalue weighted by molar-refractivity contribution is 0.0934. The number of para-hydroxylation sites is 1. The normalized spacial score (nSPS) is 10.7. The largest absolute Gasteiger partial charge is 0.395 e. The lowest BCUT2D eigenvalue weighted by atomic mass is 10.2. The number of aliphatic hydroxyl groups excluding tert-OH is 1. The van der Waals surface area contributed by atoms with Gasteiger partial charge in [-0.15, -0.1) is 5.10 Å². The number of amides is 1. The second-order valence-electron chi connectivity index (χ2n) is 5.45. The molecule has 0 aliphatic heterocycles. The fourth-order valence-electron chi connectivity index (χ4n) is 2.44. The van der Waals surface area contributed by atoms with Gasteiger partial charge in [-0.05, 0) is 30.7 Å². The highest BCUT2D eigenvalue weighted by Crippen LogP contribution is 2.25. The Morgan fingerprint density at radius 2 is 2.04 bits per heavy atom. The van der Waals surface area contributed by atoms with Gasteiger partial charge in [0, 0.05) is 17.1 Å². The Balaban J connectivity index is 2.13. The van der Waals surface area contributed by atoms with Gasteiger partial charge in [0.05, 0.1) is 12.3 Å². The maximum Gasteiger partial charge on any atom is 0.291 e. The minimum atomic E-state index is -0.440. The van der Waals surface area contributed by atoms with Crippen LogP contribution in [-0.2, 0) is 0 Å². The van der Waals surface area contributed by atoms with Crippen molar-refractivity contribution in [2.75, 3.05) is 13.2 Å². The molecule has 0 aliphatic rings. The van der Waals surface area contributed by atoms with Crippen molar-refractivity contribution in [3.8, 4) is 17.1 Å². The maximum atomic E-state index is 12.2. The smallest absolute Gasteiger partial charge is 0.291 e. The summed E-state index contributed by atoms with van der Waals surface area (Å²) in [5, 5.41) is 16.4. The van der Waals surface area contributed by atoms with Crippen LogP contribution in [0.1, 0.15) is 16.2 Å². The average molecular weight is 357 g/mol. The molecule has 128 valence electrons. The molecule has 1 heterocycles. The SMILES string of the molecule is Cc1ccccc1-n1nc(C(=O)NCCO)nc1-c1cccc(Cl)c1. The van der Waals surface area contributed by atoms with Gasteiger partial charge in [-0.3, -0.25) is 4.79 Å². The zero-order chi connectivity index (χ0) is 17.8. The van der Waals surface area contributed by atoms with Crippen molar-refractivity contribution in [2.45, 2.75) is 6.92 Å². The van der Waals surface area contributed by atoms with Crippen molar-refractivity contribution in [1.29, 1.82) is 0 Å². The molecule has 0 fully saturated rings. The van der Waals surface area contributed by atoms with Crippen LogP contribution in [-0.4, -0.2) is 38.9 Å². The molecule has 0 unspecified atom stereocenters. The molecule has 0 spiro atoms. The van der Waals surface area contributed by atoms with Gasteiger partial charge in [-0.2, -0.15) is 0 Å². The van der Waals surface area contributed by atoms with E-state index in [1.807, 2.05) is 43.3 Å². The van der Waals surface area contributed by atoms with Gasteiger partial charge in [0.2, 0.25) is 5.82 Å².